The number of fused-ring (bicyclic) bond motifs is 1. The Kier molecular flexibility index (Phi) is 6.05. The van der Waals surface area contributed by atoms with E-state index in [1.165, 1.54) is 12.1 Å². The molecule has 0 saturated carbocycles. The van der Waals surface area contributed by atoms with Crippen LogP contribution >= 0.6 is 11.3 Å². The van der Waals surface area contributed by atoms with Crippen molar-refractivity contribution in [2.75, 3.05) is 38.2 Å². The number of nitrogens with one attached hydrogen (secondary N) is 1. The van der Waals surface area contributed by atoms with Crippen LogP contribution in [0, 0.1) is 5.82 Å². The number of carbonyl (C=O) groups is 1. The van der Waals surface area contributed by atoms with E-state index in [9.17, 15) is 9.18 Å². The summed E-state index contributed by atoms with van der Waals surface area (Å²) >= 11 is 1.59. The van der Waals surface area contributed by atoms with E-state index < -0.39 is 5.82 Å². The van der Waals surface area contributed by atoms with Crippen molar-refractivity contribution in [2.45, 2.75) is 0 Å². The van der Waals surface area contributed by atoms with Crippen LogP contribution in [0.5, 0.6) is 5.75 Å². The summed E-state index contributed by atoms with van der Waals surface area (Å²) in [5.41, 5.74) is 4.25. The number of pyridine rings is 1. The van der Waals surface area contributed by atoms with Gasteiger partial charge < -0.3 is 19.5 Å². The van der Waals surface area contributed by atoms with Gasteiger partial charge in [0.15, 0.2) is 5.13 Å². The number of thiazole rings is 1. The maximum absolute atomic E-state index is 14.8. The molecule has 1 aliphatic rings. The molecular formula is C28H24FN5O2S. The van der Waals surface area contributed by atoms with E-state index >= 15 is 0 Å². The number of anilines is 1. The standard InChI is InChI=1S/C28H24FN5O2S/c1-36-25-5-3-2-4-22(25)24-17-32-26-23(24)15-20(16-31-26)18-12-19(14-21(29)13-18)27(35)33-7-9-34(10-8-33)28-30-6-11-37-28/h2-6,11-17H,7-10H2,1H3,(H,31,32). The van der Waals surface area contributed by atoms with E-state index in [-0.39, 0.29) is 5.91 Å². The normalized spacial score (nSPS) is 13.8. The molecule has 0 bridgehead atoms. The Morgan fingerprint density at radius 1 is 1.03 bits per heavy atom. The number of para-hydroxylation sites is 1. The van der Waals surface area contributed by atoms with Gasteiger partial charge in [0, 0.05) is 77.8 Å². The monoisotopic (exact) mass is 513 g/mol. The molecule has 2 aromatic carbocycles. The van der Waals surface area contributed by atoms with Crippen LogP contribution < -0.4 is 9.64 Å². The van der Waals surface area contributed by atoms with E-state index in [1.54, 1.807) is 41.8 Å². The quantitative estimate of drug-likeness (QED) is 0.338. The van der Waals surface area contributed by atoms with Crippen LogP contribution in [0.1, 0.15) is 10.4 Å². The molecule has 1 N–H and O–H groups in total. The number of carbonyl (C=O) groups excluding carboxylic acids is 1. The van der Waals surface area contributed by atoms with Gasteiger partial charge in [0.25, 0.3) is 5.91 Å². The van der Waals surface area contributed by atoms with Gasteiger partial charge in [-0.25, -0.2) is 14.4 Å². The lowest BCUT2D eigenvalue weighted by Crippen LogP contribution is -2.48. The fraction of sp³-hybridized carbons (Fsp3) is 0.179. The van der Waals surface area contributed by atoms with Crippen molar-refractivity contribution in [3.8, 4) is 28.0 Å². The maximum atomic E-state index is 14.8. The van der Waals surface area contributed by atoms with Crippen molar-refractivity contribution in [3.63, 3.8) is 0 Å². The van der Waals surface area contributed by atoms with Gasteiger partial charge in [-0.2, -0.15) is 0 Å². The largest absolute Gasteiger partial charge is 0.496 e. The van der Waals surface area contributed by atoms with E-state index in [4.69, 9.17) is 4.74 Å². The topological polar surface area (TPSA) is 74.3 Å². The molecule has 37 heavy (non-hydrogen) atoms. The van der Waals surface area contributed by atoms with Crippen molar-refractivity contribution >= 4 is 33.4 Å². The first-order chi connectivity index (χ1) is 18.1. The van der Waals surface area contributed by atoms with E-state index in [0.29, 0.717) is 37.3 Å². The average Bonchev–Trinajstić information content (AvgIpc) is 3.63. The third-order valence-electron chi connectivity index (χ3n) is 6.66. The number of aromatic nitrogens is 3. The molecule has 0 atom stereocenters. The van der Waals surface area contributed by atoms with Crippen LogP contribution in [0.25, 0.3) is 33.3 Å². The zero-order valence-electron chi connectivity index (χ0n) is 20.1. The smallest absolute Gasteiger partial charge is 0.254 e. The third kappa shape index (κ3) is 4.42. The molecule has 0 radical (unpaired) electrons. The highest BCUT2D eigenvalue weighted by atomic mass is 32.1. The molecular weight excluding hydrogens is 489 g/mol. The number of rotatable bonds is 5. The molecule has 3 aromatic heterocycles. The van der Waals surface area contributed by atoms with Gasteiger partial charge in [0.05, 0.1) is 7.11 Å². The summed E-state index contributed by atoms with van der Waals surface area (Å²) in [5, 5.41) is 3.79. The second kappa shape index (κ2) is 9.67. The number of H-pyrrole nitrogens is 1. The Labute approximate surface area is 217 Å². The van der Waals surface area contributed by atoms with Crippen LogP contribution in [-0.2, 0) is 0 Å². The summed E-state index contributed by atoms with van der Waals surface area (Å²) in [4.78, 5) is 29.4. The number of piperazine rings is 1. The first-order valence-corrected chi connectivity index (χ1v) is 12.8. The van der Waals surface area contributed by atoms with Gasteiger partial charge in [-0.15, -0.1) is 11.3 Å². The van der Waals surface area contributed by atoms with Crippen LogP contribution in [0.3, 0.4) is 0 Å². The van der Waals surface area contributed by atoms with E-state index in [0.717, 1.165) is 38.6 Å². The lowest BCUT2D eigenvalue weighted by molar-refractivity contribution is 0.0746. The van der Waals surface area contributed by atoms with Gasteiger partial charge in [-0.3, -0.25) is 4.79 Å². The third-order valence-corrected chi connectivity index (χ3v) is 7.50. The highest BCUT2D eigenvalue weighted by Crippen LogP contribution is 2.36. The van der Waals surface area contributed by atoms with Gasteiger partial charge in [0.2, 0.25) is 0 Å². The molecule has 0 unspecified atom stereocenters. The fourth-order valence-electron chi connectivity index (χ4n) is 4.79. The zero-order chi connectivity index (χ0) is 25.4. The minimum atomic E-state index is -0.457. The van der Waals surface area contributed by atoms with Gasteiger partial charge in [-0.1, -0.05) is 18.2 Å². The maximum Gasteiger partial charge on any atom is 0.254 e. The summed E-state index contributed by atoms with van der Waals surface area (Å²) in [6.45, 7) is 2.51. The van der Waals surface area contributed by atoms with Crippen molar-refractivity contribution in [1.29, 1.82) is 0 Å². The van der Waals surface area contributed by atoms with Crippen molar-refractivity contribution in [2.24, 2.45) is 0 Å². The average molecular weight is 514 g/mol. The summed E-state index contributed by atoms with van der Waals surface area (Å²) in [7, 11) is 1.64. The first kappa shape index (κ1) is 23.2. The number of aromatic amines is 1. The molecule has 5 aromatic rings. The SMILES string of the molecule is COc1ccccc1-c1c[nH]c2ncc(-c3cc(F)cc(C(=O)N4CCN(c5nccs5)CC4)c3)cc12. The number of hydrogen-bond donors (Lipinski definition) is 1. The van der Waals surface area contributed by atoms with E-state index in [1.807, 2.05) is 41.9 Å². The van der Waals surface area contributed by atoms with Gasteiger partial charge in [-0.05, 0) is 35.9 Å². The van der Waals surface area contributed by atoms with E-state index in [2.05, 4.69) is 19.9 Å². The number of methoxy groups -OCH3 is 1. The predicted molar refractivity (Wildman–Crippen MR) is 144 cm³/mol. The first-order valence-electron chi connectivity index (χ1n) is 12.0. The highest BCUT2D eigenvalue weighted by Gasteiger charge is 2.24. The predicted octanol–water partition coefficient (Wildman–Crippen LogP) is 5.46. The lowest BCUT2D eigenvalue weighted by Gasteiger charge is -2.34. The van der Waals surface area contributed by atoms with Crippen LogP contribution in [0.15, 0.2) is 72.5 Å². The zero-order valence-corrected chi connectivity index (χ0v) is 21.0. The molecule has 6 rings (SSSR count). The Balaban J connectivity index is 1.29. The minimum absolute atomic E-state index is 0.176. The summed E-state index contributed by atoms with van der Waals surface area (Å²) in [5.74, 6) is 0.119. The molecule has 186 valence electrons. The molecule has 1 amide bonds. The Hall–Kier alpha value is -4.24. The van der Waals surface area contributed by atoms with Crippen molar-refractivity contribution in [1.82, 2.24) is 19.9 Å². The molecule has 1 fully saturated rings. The molecule has 0 spiro atoms. The number of amides is 1. The number of benzene rings is 2. The van der Waals surface area contributed by atoms with Crippen LogP contribution in [0.2, 0.25) is 0 Å². The van der Waals surface area contributed by atoms with Crippen LogP contribution in [0.4, 0.5) is 9.52 Å². The van der Waals surface area contributed by atoms with Crippen molar-refractivity contribution < 1.29 is 13.9 Å². The molecule has 1 saturated heterocycles. The summed E-state index contributed by atoms with van der Waals surface area (Å²) in [6.07, 6.45) is 5.37. The number of hydrogen-bond acceptors (Lipinski definition) is 6. The Morgan fingerprint density at radius 3 is 2.65 bits per heavy atom. The molecule has 4 heterocycles. The lowest BCUT2D eigenvalue weighted by atomic mass is 10.00. The van der Waals surface area contributed by atoms with Gasteiger partial charge >= 0.3 is 0 Å². The molecule has 9 heteroatoms. The molecule has 0 aliphatic carbocycles. The van der Waals surface area contributed by atoms with Crippen molar-refractivity contribution in [3.05, 3.63) is 83.9 Å². The van der Waals surface area contributed by atoms with Gasteiger partial charge in [0.1, 0.15) is 17.2 Å². The molecule has 7 nitrogen and oxygen atoms in total. The highest BCUT2D eigenvalue weighted by molar-refractivity contribution is 7.13. The second-order valence-electron chi connectivity index (χ2n) is 8.85. The second-order valence-corrected chi connectivity index (χ2v) is 9.72. The number of nitrogens with zero attached hydrogens (tertiary/aromatic N) is 4. The minimum Gasteiger partial charge on any atom is -0.496 e. The summed E-state index contributed by atoms with van der Waals surface area (Å²) in [6, 6.07) is 14.2. The number of halogens is 1. The Morgan fingerprint density at radius 2 is 1.86 bits per heavy atom. The summed E-state index contributed by atoms with van der Waals surface area (Å²) < 4.78 is 20.3. The van der Waals surface area contributed by atoms with Crippen LogP contribution in [-0.4, -0.2) is 59.0 Å². The molecule has 1 aliphatic heterocycles. The Bertz CT molecular complexity index is 1580. The fourth-order valence-corrected chi connectivity index (χ4v) is 5.48. The number of ether oxygens (including phenoxy) is 1.